The Morgan fingerprint density at radius 3 is 2.70 bits per heavy atom. The minimum absolute atomic E-state index is 0. The second kappa shape index (κ2) is 14.5. The standard InChI is InChI=1S/C31H43F2N5O3.2ClH/c1-21-15-36(25(13-34-21)16-37-8-9-41-20-31(37,4)19-40-5)17-29(39)38-18-30(2,3)26-14-35-24(12-28(26)38)10-22-6-7-23(32)11-27(22)33;;/h6-7,11-12,14,21,25,34H,8-10,13,15-20H2,1-5H3;2*1H/t21-,25-,31-;;/m1../s1. The molecular formula is C31H45Cl2F2N5O3. The Labute approximate surface area is 266 Å². The summed E-state index contributed by atoms with van der Waals surface area (Å²) in [4.78, 5) is 25.2. The molecule has 1 amide bonds. The molecule has 4 heterocycles. The van der Waals surface area contributed by atoms with Crippen LogP contribution in [-0.4, -0.2) is 105 Å². The highest BCUT2D eigenvalue weighted by atomic mass is 35.5. The fraction of sp³-hybridized carbons (Fsp3) is 0.613. The van der Waals surface area contributed by atoms with Gasteiger partial charge in [-0.05, 0) is 31.5 Å². The number of anilines is 1. The molecule has 0 radical (unpaired) electrons. The van der Waals surface area contributed by atoms with Crippen LogP contribution in [0.2, 0.25) is 0 Å². The Bertz CT molecular complexity index is 1270. The average molecular weight is 645 g/mol. The lowest BCUT2D eigenvalue weighted by Crippen LogP contribution is -2.65. The predicted molar refractivity (Wildman–Crippen MR) is 169 cm³/mol. The van der Waals surface area contributed by atoms with E-state index >= 15 is 0 Å². The number of fused-ring (bicyclic) bond motifs is 1. The molecule has 43 heavy (non-hydrogen) atoms. The summed E-state index contributed by atoms with van der Waals surface area (Å²) >= 11 is 0. The number of ether oxygens (including phenoxy) is 2. The van der Waals surface area contributed by atoms with Gasteiger partial charge in [0.1, 0.15) is 11.6 Å². The van der Waals surface area contributed by atoms with Gasteiger partial charge in [0.15, 0.2) is 0 Å². The van der Waals surface area contributed by atoms with Crippen molar-refractivity contribution in [3.05, 3.63) is 58.9 Å². The first-order chi connectivity index (χ1) is 19.5. The molecule has 12 heteroatoms. The second-order valence-electron chi connectivity index (χ2n) is 12.8. The van der Waals surface area contributed by atoms with Gasteiger partial charge in [-0.15, -0.1) is 24.8 Å². The maximum absolute atomic E-state index is 14.4. The van der Waals surface area contributed by atoms with Gasteiger partial charge in [-0.2, -0.15) is 0 Å². The highest BCUT2D eigenvalue weighted by Gasteiger charge is 2.41. The van der Waals surface area contributed by atoms with Crippen molar-refractivity contribution >= 4 is 36.4 Å². The molecule has 240 valence electrons. The lowest BCUT2D eigenvalue weighted by Gasteiger charge is -2.48. The molecule has 2 saturated heterocycles. The van der Waals surface area contributed by atoms with E-state index in [1.54, 1.807) is 7.11 Å². The zero-order valence-corrected chi connectivity index (χ0v) is 27.3. The molecule has 0 spiro atoms. The number of carbonyl (C=O) groups excluding carboxylic acids is 1. The van der Waals surface area contributed by atoms with Gasteiger partial charge < -0.3 is 19.7 Å². The predicted octanol–water partition coefficient (Wildman–Crippen LogP) is 3.82. The molecule has 0 bridgehead atoms. The van der Waals surface area contributed by atoms with E-state index in [1.807, 2.05) is 17.2 Å². The van der Waals surface area contributed by atoms with E-state index in [2.05, 4.69) is 47.8 Å². The number of piperazine rings is 1. The third kappa shape index (κ3) is 7.84. The summed E-state index contributed by atoms with van der Waals surface area (Å²) in [6.45, 7) is 14.5. The lowest BCUT2D eigenvalue weighted by molar-refractivity contribution is -0.122. The van der Waals surface area contributed by atoms with Crippen molar-refractivity contribution in [1.29, 1.82) is 0 Å². The molecule has 3 atom stereocenters. The maximum atomic E-state index is 14.4. The Hall–Kier alpha value is -1.92. The minimum Gasteiger partial charge on any atom is -0.383 e. The van der Waals surface area contributed by atoms with Crippen molar-refractivity contribution in [2.45, 2.75) is 57.2 Å². The van der Waals surface area contributed by atoms with Crippen LogP contribution in [0, 0.1) is 11.6 Å². The number of rotatable bonds is 8. The zero-order valence-electron chi connectivity index (χ0n) is 25.7. The first-order valence-corrected chi connectivity index (χ1v) is 14.5. The number of amides is 1. The number of methoxy groups -OCH3 is 1. The van der Waals surface area contributed by atoms with Gasteiger partial charge in [-0.25, -0.2) is 8.78 Å². The number of carbonyl (C=O) groups is 1. The molecule has 0 aliphatic carbocycles. The monoisotopic (exact) mass is 643 g/mol. The van der Waals surface area contributed by atoms with Crippen molar-refractivity contribution in [3.63, 3.8) is 0 Å². The fourth-order valence-electron chi connectivity index (χ4n) is 6.48. The van der Waals surface area contributed by atoms with Crippen molar-refractivity contribution in [1.82, 2.24) is 20.1 Å². The van der Waals surface area contributed by atoms with Gasteiger partial charge in [0.05, 0.1) is 37.6 Å². The van der Waals surface area contributed by atoms with Crippen molar-refractivity contribution in [2.24, 2.45) is 0 Å². The third-order valence-corrected chi connectivity index (χ3v) is 8.83. The van der Waals surface area contributed by atoms with E-state index in [0.29, 0.717) is 44.2 Å². The number of aromatic nitrogens is 1. The summed E-state index contributed by atoms with van der Waals surface area (Å²) in [6, 6.07) is 5.93. The SMILES string of the molecule is COC[C@]1(C)COCCN1C[C@H]1CN[C@H](C)CN1CC(=O)N1CC(C)(C)c2cnc(Cc3ccc(F)cc3F)cc21.Cl.Cl. The molecule has 3 aliphatic rings. The van der Waals surface area contributed by atoms with Crippen molar-refractivity contribution in [3.8, 4) is 0 Å². The molecule has 1 aromatic heterocycles. The summed E-state index contributed by atoms with van der Waals surface area (Å²) in [5.41, 5.74) is 2.37. The van der Waals surface area contributed by atoms with Crippen LogP contribution in [0.25, 0.3) is 0 Å². The molecule has 0 unspecified atom stereocenters. The summed E-state index contributed by atoms with van der Waals surface area (Å²) < 4.78 is 39.1. The quantitative estimate of drug-likeness (QED) is 0.469. The molecule has 1 N–H and O–H groups in total. The molecule has 2 fully saturated rings. The number of nitrogens with zero attached hydrogens (tertiary/aromatic N) is 4. The van der Waals surface area contributed by atoms with E-state index < -0.39 is 11.6 Å². The van der Waals surface area contributed by atoms with Gasteiger partial charge in [-0.3, -0.25) is 19.6 Å². The highest BCUT2D eigenvalue weighted by molar-refractivity contribution is 5.97. The molecule has 0 saturated carbocycles. The smallest absolute Gasteiger partial charge is 0.241 e. The van der Waals surface area contributed by atoms with Crippen LogP contribution in [-0.2, 0) is 26.1 Å². The normalized spacial score (nSPS) is 25.5. The summed E-state index contributed by atoms with van der Waals surface area (Å²) in [5, 5.41) is 3.60. The Morgan fingerprint density at radius 1 is 1.21 bits per heavy atom. The highest BCUT2D eigenvalue weighted by Crippen LogP contribution is 2.40. The van der Waals surface area contributed by atoms with Crippen LogP contribution in [0.15, 0.2) is 30.5 Å². The maximum Gasteiger partial charge on any atom is 0.241 e. The van der Waals surface area contributed by atoms with Crippen LogP contribution in [0.4, 0.5) is 14.5 Å². The number of halogens is 4. The minimum atomic E-state index is -0.607. The lowest BCUT2D eigenvalue weighted by atomic mass is 9.88. The molecular weight excluding hydrogens is 599 g/mol. The molecule has 1 aromatic carbocycles. The number of hydrogen-bond donors (Lipinski definition) is 1. The Morgan fingerprint density at radius 2 is 1.98 bits per heavy atom. The first-order valence-electron chi connectivity index (χ1n) is 14.5. The number of benzene rings is 1. The fourth-order valence-corrected chi connectivity index (χ4v) is 6.48. The van der Waals surface area contributed by atoms with Gasteiger partial charge in [-0.1, -0.05) is 19.9 Å². The Balaban J connectivity index is 0.00000253. The topological polar surface area (TPSA) is 70.2 Å². The van der Waals surface area contributed by atoms with Crippen molar-refractivity contribution < 1.29 is 23.0 Å². The zero-order chi connectivity index (χ0) is 29.4. The van der Waals surface area contributed by atoms with Gasteiger partial charge in [0.25, 0.3) is 0 Å². The number of pyridine rings is 1. The van der Waals surface area contributed by atoms with Crippen LogP contribution in [0.1, 0.15) is 44.5 Å². The first kappa shape index (κ1) is 35.6. The van der Waals surface area contributed by atoms with E-state index in [-0.39, 0.29) is 60.2 Å². The third-order valence-electron chi connectivity index (χ3n) is 8.83. The largest absolute Gasteiger partial charge is 0.383 e. The number of nitrogens with one attached hydrogen (secondary N) is 1. The van der Waals surface area contributed by atoms with Crippen LogP contribution < -0.4 is 10.2 Å². The summed E-state index contributed by atoms with van der Waals surface area (Å²) in [7, 11) is 1.72. The van der Waals surface area contributed by atoms with Gasteiger partial charge in [0.2, 0.25) is 5.91 Å². The summed E-state index contributed by atoms with van der Waals surface area (Å²) in [5.74, 6) is -1.16. The Kier molecular flexibility index (Phi) is 12.0. The van der Waals surface area contributed by atoms with E-state index in [1.165, 1.54) is 12.1 Å². The van der Waals surface area contributed by atoms with E-state index in [0.717, 1.165) is 43.5 Å². The molecule has 5 rings (SSSR count). The van der Waals surface area contributed by atoms with Crippen LogP contribution >= 0.6 is 24.8 Å². The van der Waals surface area contributed by atoms with Crippen molar-refractivity contribution in [2.75, 3.05) is 71.1 Å². The number of hydrogen-bond acceptors (Lipinski definition) is 7. The molecule has 3 aliphatic heterocycles. The van der Waals surface area contributed by atoms with Gasteiger partial charge >= 0.3 is 0 Å². The van der Waals surface area contributed by atoms with Crippen LogP contribution in [0.5, 0.6) is 0 Å². The average Bonchev–Trinajstić information content (AvgIpc) is 3.18. The molecule has 2 aromatic rings. The van der Waals surface area contributed by atoms with E-state index in [4.69, 9.17) is 9.47 Å². The van der Waals surface area contributed by atoms with Crippen LogP contribution in [0.3, 0.4) is 0 Å². The van der Waals surface area contributed by atoms with Gasteiger partial charge in [0, 0.05) is 87.3 Å². The van der Waals surface area contributed by atoms with E-state index in [9.17, 15) is 13.6 Å². The number of morpholine rings is 1. The second-order valence-corrected chi connectivity index (χ2v) is 12.8. The summed E-state index contributed by atoms with van der Waals surface area (Å²) in [6.07, 6.45) is 2.03. The molecule has 8 nitrogen and oxygen atoms in total.